The lowest BCUT2D eigenvalue weighted by molar-refractivity contribution is 0.0981. The van der Waals surface area contributed by atoms with Crippen LogP contribution in [-0.4, -0.2) is 45.2 Å². The van der Waals surface area contributed by atoms with E-state index in [0.717, 1.165) is 46.5 Å². The molecule has 0 heterocycles. The van der Waals surface area contributed by atoms with E-state index in [2.05, 4.69) is 18.9 Å². The zero-order valence-electron chi connectivity index (χ0n) is 42.3. The van der Waals surface area contributed by atoms with Gasteiger partial charge in [0, 0.05) is 0 Å². The molecule has 0 atom stereocenters. The Morgan fingerprint density at radius 2 is 0.417 bits per heavy atom. The molecule has 7 rings (SSSR count). The normalized spacial score (nSPS) is 13.8. The van der Waals surface area contributed by atoms with Crippen LogP contribution in [0, 0.1) is 0 Å². The molecule has 72 heavy (non-hydrogen) atoms. The van der Waals surface area contributed by atoms with Crippen LogP contribution >= 0.6 is 0 Å². The van der Waals surface area contributed by atoms with E-state index in [0.29, 0.717) is 0 Å². The lowest BCUT2D eigenvalue weighted by Crippen LogP contribution is -2.29. The van der Waals surface area contributed by atoms with Crippen molar-refractivity contribution in [2.45, 2.75) is 124 Å². The zero-order valence-corrected chi connectivity index (χ0v) is 45.5. The average molecular weight is 1050 g/mol. The second-order valence-corrected chi connectivity index (χ2v) is 28.7. The van der Waals surface area contributed by atoms with Gasteiger partial charge in [0.25, 0.3) is 40.1 Å². The van der Waals surface area contributed by atoms with Crippen LogP contribution in [0.4, 0.5) is 22.7 Å². The number of rotatable bonds is 12. The van der Waals surface area contributed by atoms with Crippen molar-refractivity contribution in [3.63, 3.8) is 0 Å². The molecule has 0 unspecified atom stereocenters. The van der Waals surface area contributed by atoms with Gasteiger partial charge in [-0.25, -0.2) is 33.7 Å². The molecule has 0 radical (unpaired) electrons. The Hall–Kier alpha value is -6.34. The number of benzene rings is 6. The van der Waals surface area contributed by atoms with Gasteiger partial charge in [-0.2, -0.15) is 0 Å². The summed E-state index contributed by atoms with van der Waals surface area (Å²) in [7, 11) is -18.2. The second-order valence-electron chi connectivity index (χ2n) is 22.0. The van der Waals surface area contributed by atoms with Crippen molar-refractivity contribution in [3.05, 3.63) is 166 Å². The van der Waals surface area contributed by atoms with Gasteiger partial charge in [0.15, 0.2) is 11.6 Å². The molecule has 0 fully saturated rings. The predicted molar refractivity (Wildman–Crippen MR) is 284 cm³/mol. The van der Waals surface area contributed by atoms with E-state index >= 15 is 9.59 Å². The van der Waals surface area contributed by atoms with E-state index in [9.17, 15) is 33.7 Å². The first-order valence-corrected chi connectivity index (χ1v) is 28.9. The number of hydrogen-bond donors (Lipinski definition) is 4. The van der Waals surface area contributed by atoms with Crippen LogP contribution < -0.4 is 18.9 Å². The lowest BCUT2D eigenvalue weighted by atomic mass is 9.81. The molecule has 0 aromatic heterocycles. The first-order chi connectivity index (χ1) is 33.0. The number of hydrogen-bond acceptors (Lipinski definition) is 10. The highest BCUT2D eigenvalue weighted by atomic mass is 32.2. The summed E-state index contributed by atoms with van der Waals surface area (Å²) in [6.45, 7) is 23.5. The van der Waals surface area contributed by atoms with Gasteiger partial charge in [-0.15, -0.1) is 0 Å². The van der Waals surface area contributed by atoms with Crippen LogP contribution in [0.3, 0.4) is 0 Å². The maximum Gasteiger partial charge on any atom is 0.261 e. The summed E-state index contributed by atoms with van der Waals surface area (Å²) < 4.78 is 123. The van der Waals surface area contributed by atoms with Gasteiger partial charge in [0.05, 0.1) is 64.6 Å². The fourth-order valence-electron chi connectivity index (χ4n) is 8.09. The van der Waals surface area contributed by atoms with Gasteiger partial charge in [0.1, 0.15) is 0 Å². The standard InChI is InChI=1S/C54H60N4O10S4/c1-51(2,3)33-13-21-37(22-14-33)69(61,62)55-41-29-30-42(56-70(63,64)38-23-15-34(16-24-38)52(4,5)6)46-45(41)49(59)47-43(57-71(65,66)39-25-17-35(18-26-39)53(7,8)9)31-32-44(48(47)50(46)60)58-72(67,68)40-27-19-36(20-28-40)54(10,11)12/h13-32,55-58H,1-12H3. The molecule has 1 aliphatic carbocycles. The van der Waals surface area contributed by atoms with Crippen molar-refractivity contribution in [1.29, 1.82) is 0 Å². The molecule has 0 amide bonds. The van der Waals surface area contributed by atoms with Crippen molar-refractivity contribution in [2.24, 2.45) is 0 Å². The Bertz CT molecular complexity index is 3120. The average Bonchev–Trinajstić information content (AvgIpc) is 3.27. The summed E-state index contributed by atoms with van der Waals surface area (Å²) >= 11 is 0. The SMILES string of the molecule is CC(C)(C)c1ccc(S(=O)(=O)Nc2ccc(NS(=O)(=O)c3ccc(C(C)(C)C)cc3)c3c2C(=O)c2c(NS(=O)(=O)c4ccc(C(C)(C)C)cc4)ccc(NS(=O)(=O)c4ccc(C(C)(C)C)cc4)c2C3=O)cc1. The van der Waals surface area contributed by atoms with Gasteiger partial charge in [0.2, 0.25) is 0 Å². The number of carbonyl (C=O) groups excluding carboxylic acids is 2. The summed E-state index contributed by atoms with van der Waals surface area (Å²) in [6, 6.07) is 28.6. The van der Waals surface area contributed by atoms with Crippen LogP contribution in [0.5, 0.6) is 0 Å². The van der Waals surface area contributed by atoms with E-state index < -0.39 is 96.7 Å². The second kappa shape index (κ2) is 18.3. The molecular formula is C54H60N4O10S4. The minimum Gasteiger partial charge on any atom is -0.288 e. The summed E-state index contributed by atoms with van der Waals surface area (Å²) in [5.41, 5.74) is -2.38. The molecule has 380 valence electrons. The predicted octanol–water partition coefficient (Wildman–Crippen LogP) is 10.9. The Labute approximate surface area is 424 Å². The first kappa shape index (κ1) is 53.5. The summed E-state index contributed by atoms with van der Waals surface area (Å²) in [6.07, 6.45) is 0. The van der Waals surface area contributed by atoms with Gasteiger partial charge in [-0.1, -0.05) is 132 Å². The molecule has 0 saturated carbocycles. The number of ketones is 2. The van der Waals surface area contributed by atoms with Gasteiger partial charge < -0.3 is 0 Å². The molecule has 0 bridgehead atoms. The molecule has 14 nitrogen and oxygen atoms in total. The van der Waals surface area contributed by atoms with Crippen molar-refractivity contribution < 1.29 is 43.3 Å². The Morgan fingerprint density at radius 3 is 0.556 bits per heavy atom. The molecule has 6 aromatic carbocycles. The van der Waals surface area contributed by atoms with Crippen LogP contribution in [-0.2, 0) is 61.8 Å². The molecule has 0 aliphatic heterocycles. The largest absolute Gasteiger partial charge is 0.288 e. The molecule has 0 spiro atoms. The third-order valence-electron chi connectivity index (χ3n) is 12.4. The maximum absolute atomic E-state index is 15.5. The van der Waals surface area contributed by atoms with Crippen LogP contribution in [0.15, 0.2) is 141 Å². The first-order valence-electron chi connectivity index (χ1n) is 23.0. The van der Waals surface area contributed by atoms with Crippen molar-refractivity contribution in [2.75, 3.05) is 18.9 Å². The number of anilines is 4. The fraction of sp³-hybridized carbons (Fsp3) is 0.296. The van der Waals surface area contributed by atoms with Gasteiger partial charge in [-0.3, -0.25) is 28.5 Å². The minimum absolute atomic E-state index is 0.208. The Balaban J connectivity index is 1.44. The van der Waals surface area contributed by atoms with E-state index in [1.165, 1.54) is 48.5 Å². The van der Waals surface area contributed by atoms with Crippen LogP contribution in [0.1, 0.15) is 137 Å². The van der Waals surface area contributed by atoms with Crippen molar-refractivity contribution >= 4 is 74.4 Å². The van der Waals surface area contributed by atoms with Gasteiger partial charge in [-0.05, 0) is 117 Å². The number of nitrogens with one attached hydrogen (secondary N) is 4. The number of fused-ring (bicyclic) bond motifs is 2. The number of sulfonamides is 4. The van der Waals surface area contributed by atoms with E-state index in [-0.39, 0.29) is 41.2 Å². The number of carbonyl (C=O) groups is 2. The van der Waals surface area contributed by atoms with E-state index in [4.69, 9.17) is 0 Å². The topological polar surface area (TPSA) is 219 Å². The highest BCUT2D eigenvalue weighted by Gasteiger charge is 2.41. The molecule has 0 saturated heterocycles. The smallest absolute Gasteiger partial charge is 0.261 e. The molecule has 4 N–H and O–H groups in total. The monoisotopic (exact) mass is 1050 g/mol. The van der Waals surface area contributed by atoms with Crippen LogP contribution in [0.2, 0.25) is 0 Å². The fourth-order valence-corrected chi connectivity index (χ4v) is 12.4. The van der Waals surface area contributed by atoms with Crippen molar-refractivity contribution in [3.8, 4) is 0 Å². The molecule has 1 aliphatic rings. The van der Waals surface area contributed by atoms with E-state index in [1.54, 1.807) is 48.5 Å². The van der Waals surface area contributed by atoms with Gasteiger partial charge >= 0.3 is 0 Å². The quantitative estimate of drug-likeness (QED) is 0.0907. The third kappa shape index (κ3) is 10.9. The Kier molecular flexibility index (Phi) is 13.6. The molecule has 6 aromatic rings. The minimum atomic E-state index is -4.55. The zero-order chi connectivity index (χ0) is 53.4. The van der Waals surface area contributed by atoms with Crippen LogP contribution in [0.25, 0.3) is 0 Å². The Morgan fingerprint density at radius 1 is 0.264 bits per heavy atom. The lowest BCUT2D eigenvalue weighted by Gasteiger charge is -2.27. The highest BCUT2D eigenvalue weighted by molar-refractivity contribution is 7.93. The summed E-state index contributed by atoms with van der Waals surface area (Å²) in [4.78, 5) is 30.2. The summed E-state index contributed by atoms with van der Waals surface area (Å²) in [5, 5.41) is 0. The molecular weight excluding hydrogens is 993 g/mol. The third-order valence-corrected chi connectivity index (χ3v) is 17.9. The maximum atomic E-state index is 15.5. The van der Waals surface area contributed by atoms with E-state index in [1.807, 2.05) is 83.1 Å². The highest BCUT2D eigenvalue weighted by Crippen LogP contribution is 2.44. The summed E-state index contributed by atoms with van der Waals surface area (Å²) in [5.74, 6) is -2.29. The molecule has 18 heteroatoms. The van der Waals surface area contributed by atoms with Crippen molar-refractivity contribution in [1.82, 2.24) is 0 Å².